The van der Waals surface area contributed by atoms with Crippen LogP contribution in [0.25, 0.3) is 11.1 Å². The van der Waals surface area contributed by atoms with Crippen molar-refractivity contribution in [2.24, 2.45) is 0 Å². The maximum absolute atomic E-state index is 12.6. The van der Waals surface area contributed by atoms with Gasteiger partial charge in [-0.1, -0.05) is 43.3 Å². The Morgan fingerprint density at radius 3 is 1.65 bits per heavy atom. The van der Waals surface area contributed by atoms with Crippen molar-refractivity contribution in [3.05, 3.63) is 89.5 Å². The number of carbonyl (C=O) groups excluding carboxylic acids is 3. The first kappa shape index (κ1) is 30.7. The molecule has 210 valence electrons. The van der Waals surface area contributed by atoms with Crippen LogP contribution in [0, 0.1) is 0 Å². The van der Waals surface area contributed by atoms with Gasteiger partial charge in [-0.3, -0.25) is 9.59 Å². The maximum atomic E-state index is 12.6. The molecule has 0 N–H and O–H groups in total. The van der Waals surface area contributed by atoms with E-state index in [1.165, 1.54) is 18.7 Å². The van der Waals surface area contributed by atoms with Crippen LogP contribution in [0.3, 0.4) is 0 Å². The molecule has 3 aromatic rings. The quantitative estimate of drug-likeness (QED) is 0.103. The van der Waals surface area contributed by atoms with Gasteiger partial charge < -0.3 is 19.1 Å². The third kappa shape index (κ3) is 8.60. The molecule has 0 atom stereocenters. The fourth-order valence-electron chi connectivity index (χ4n) is 4.16. The molecule has 0 aliphatic carbocycles. The Balaban J connectivity index is 2.06. The van der Waals surface area contributed by atoms with E-state index < -0.39 is 18.0 Å². The van der Waals surface area contributed by atoms with Gasteiger partial charge in [-0.15, -0.1) is 23.2 Å². The highest BCUT2D eigenvalue weighted by Gasteiger charge is 2.17. The Bertz CT molecular complexity index is 1350. The number of benzene rings is 3. The fourth-order valence-corrected chi connectivity index (χ4v) is 4.57. The van der Waals surface area contributed by atoms with Crippen LogP contribution < -0.4 is 14.2 Å². The number of alkyl halides is 2. The molecule has 0 aliphatic heterocycles. The van der Waals surface area contributed by atoms with E-state index in [0.717, 1.165) is 27.8 Å². The minimum Gasteiger partial charge on any atom is -0.427 e. The van der Waals surface area contributed by atoms with E-state index in [1.807, 2.05) is 49.4 Å². The number of carbonyl (C=O) groups is 3. The summed E-state index contributed by atoms with van der Waals surface area (Å²) < 4.78 is 16.1. The summed E-state index contributed by atoms with van der Waals surface area (Å²) in [6, 6.07) is 21.8. The van der Waals surface area contributed by atoms with Crippen molar-refractivity contribution in [2.75, 3.05) is 24.8 Å². The number of esters is 2. The Labute approximate surface area is 244 Å². The van der Waals surface area contributed by atoms with Crippen molar-refractivity contribution in [1.82, 2.24) is 4.90 Å². The first-order valence-electron chi connectivity index (χ1n) is 12.8. The first-order valence-corrected chi connectivity index (χ1v) is 13.8. The molecule has 1 amide bonds. The standard InChI is InChI=1S/C31H31Cl2NO6/c1-4-29(25-6-5-7-28(20-25)39-22(3)36)30(23-8-12-26(13-9-23)38-21(2)35)24-10-14-27(15-11-24)40-31(37)34(18-16-32)19-17-33/h5-15,20H,4,16-19H2,1-3H3/b30-29-. The van der Waals surface area contributed by atoms with Crippen LogP contribution in [-0.2, 0) is 9.59 Å². The molecule has 40 heavy (non-hydrogen) atoms. The van der Waals surface area contributed by atoms with E-state index in [0.29, 0.717) is 36.8 Å². The van der Waals surface area contributed by atoms with Gasteiger partial charge in [-0.2, -0.15) is 0 Å². The summed E-state index contributed by atoms with van der Waals surface area (Å²) in [6.45, 7) is 5.41. The van der Waals surface area contributed by atoms with E-state index in [1.54, 1.807) is 30.3 Å². The predicted octanol–water partition coefficient (Wildman–Crippen LogP) is 7.18. The molecular weight excluding hydrogens is 553 g/mol. The van der Waals surface area contributed by atoms with Crippen LogP contribution >= 0.6 is 23.2 Å². The molecule has 7 nitrogen and oxygen atoms in total. The zero-order valence-electron chi connectivity index (χ0n) is 22.6. The Kier molecular flexibility index (Phi) is 11.6. The van der Waals surface area contributed by atoms with Crippen molar-refractivity contribution >= 4 is 52.4 Å². The highest BCUT2D eigenvalue weighted by atomic mass is 35.5. The lowest BCUT2D eigenvalue weighted by molar-refractivity contribution is -0.132. The number of ether oxygens (including phenoxy) is 3. The highest BCUT2D eigenvalue weighted by Crippen LogP contribution is 2.36. The van der Waals surface area contributed by atoms with E-state index in [-0.39, 0.29) is 11.8 Å². The van der Waals surface area contributed by atoms with Gasteiger partial charge >= 0.3 is 18.0 Å². The van der Waals surface area contributed by atoms with E-state index in [9.17, 15) is 14.4 Å². The van der Waals surface area contributed by atoms with Crippen molar-refractivity contribution < 1.29 is 28.6 Å². The topological polar surface area (TPSA) is 82.1 Å². The van der Waals surface area contributed by atoms with E-state index in [4.69, 9.17) is 37.4 Å². The monoisotopic (exact) mass is 583 g/mol. The number of rotatable bonds is 11. The summed E-state index contributed by atoms with van der Waals surface area (Å²) in [5.74, 6) is 0.999. The van der Waals surface area contributed by atoms with Gasteiger partial charge in [-0.05, 0) is 70.7 Å². The molecule has 9 heteroatoms. The zero-order chi connectivity index (χ0) is 29.1. The third-order valence-electron chi connectivity index (χ3n) is 5.82. The molecular formula is C31H31Cl2NO6. The lowest BCUT2D eigenvalue weighted by Gasteiger charge is -2.20. The summed E-state index contributed by atoms with van der Waals surface area (Å²) in [4.78, 5) is 37.0. The third-order valence-corrected chi connectivity index (χ3v) is 6.16. The van der Waals surface area contributed by atoms with Gasteiger partial charge in [0.2, 0.25) is 0 Å². The van der Waals surface area contributed by atoms with Gasteiger partial charge in [0.05, 0.1) is 0 Å². The molecule has 3 rings (SSSR count). The fraction of sp³-hybridized carbons (Fsp3) is 0.258. The van der Waals surface area contributed by atoms with E-state index in [2.05, 4.69) is 0 Å². The molecule has 0 fully saturated rings. The minimum atomic E-state index is -0.526. The molecule has 0 heterocycles. The van der Waals surface area contributed by atoms with Crippen LogP contribution in [0.5, 0.6) is 17.2 Å². The molecule has 0 spiro atoms. The Morgan fingerprint density at radius 2 is 1.18 bits per heavy atom. The number of halogens is 2. The summed E-state index contributed by atoms with van der Waals surface area (Å²) >= 11 is 11.6. The number of nitrogens with zero attached hydrogens (tertiary/aromatic N) is 1. The van der Waals surface area contributed by atoms with Gasteiger partial charge in [0, 0.05) is 38.7 Å². The second-order valence-corrected chi connectivity index (χ2v) is 9.46. The molecule has 3 aromatic carbocycles. The number of hydrogen-bond donors (Lipinski definition) is 0. The summed E-state index contributed by atoms with van der Waals surface area (Å²) in [6.07, 6.45) is 0.134. The normalized spacial score (nSPS) is 11.3. The minimum absolute atomic E-state index is 0.272. The van der Waals surface area contributed by atoms with Gasteiger partial charge in [0.1, 0.15) is 17.2 Å². The lowest BCUT2D eigenvalue weighted by atomic mass is 9.88. The van der Waals surface area contributed by atoms with Crippen molar-refractivity contribution in [3.8, 4) is 17.2 Å². The molecule has 0 unspecified atom stereocenters. The van der Waals surface area contributed by atoms with Gasteiger partial charge in [0.25, 0.3) is 0 Å². The second kappa shape index (κ2) is 15.1. The molecule has 0 aliphatic rings. The molecule has 0 bridgehead atoms. The van der Waals surface area contributed by atoms with Crippen LogP contribution in [0.15, 0.2) is 72.8 Å². The van der Waals surface area contributed by atoms with Crippen LogP contribution in [0.1, 0.15) is 43.9 Å². The van der Waals surface area contributed by atoms with Crippen LogP contribution in [0.4, 0.5) is 4.79 Å². The number of hydrogen-bond acceptors (Lipinski definition) is 6. The molecule has 0 radical (unpaired) electrons. The molecule has 0 aromatic heterocycles. The van der Waals surface area contributed by atoms with Crippen molar-refractivity contribution in [1.29, 1.82) is 0 Å². The summed E-state index contributed by atoms with van der Waals surface area (Å²) in [5, 5.41) is 0. The highest BCUT2D eigenvalue weighted by molar-refractivity contribution is 6.18. The largest absolute Gasteiger partial charge is 0.427 e. The van der Waals surface area contributed by atoms with Crippen molar-refractivity contribution in [3.63, 3.8) is 0 Å². The average Bonchev–Trinajstić information content (AvgIpc) is 2.92. The van der Waals surface area contributed by atoms with Gasteiger partial charge in [-0.25, -0.2) is 4.79 Å². The smallest absolute Gasteiger partial charge is 0.415 e. The van der Waals surface area contributed by atoms with E-state index >= 15 is 0 Å². The van der Waals surface area contributed by atoms with Crippen LogP contribution in [0.2, 0.25) is 0 Å². The zero-order valence-corrected chi connectivity index (χ0v) is 24.1. The molecule has 0 saturated heterocycles. The second-order valence-electron chi connectivity index (χ2n) is 8.70. The summed E-state index contributed by atoms with van der Waals surface area (Å²) in [7, 11) is 0. The summed E-state index contributed by atoms with van der Waals surface area (Å²) in [5.41, 5.74) is 4.54. The Morgan fingerprint density at radius 1 is 0.675 bits per heavy atom. The van der Waals surface area contributed by atoms with Gasteiger partial charge in [0.15, 0.2) is 0 Å². The lowest BCUT2D eigenvalue weighted by Crippen LogP contribution is -2.36. The number of amides is 1. The number of allylic oxidation sites excluding steroid dienone is 1. The molecule has 0 saturated carbocycles. The average molecular weight is 584 g/mol. The first-order chi connectivity index (χ1) is 19.2. The predicted molar refractivity (Wildman–Crippen MR) is 157 cm³/mol. The Hall–Kier alpha value is -3.81. The van der Waals surface area contributed by atoms with Crippen LogP contribution in [-0.4, -0.2) is 47.8 Å². The SMILES string of the molecule is CC/C(=C(\c1ccc(OC(C)=O)cc1)c1ccc(OC(=O)N(CCCl)CCCl)cc1)c1cccc(OC(C)=O)c1. The maximum Gasteiger partial charge on any atom is 0.415 e. The van der Waals surface area contributed by atoms with Crippen molar-refractivity contribution in [2.45, 2.75) is 27.2 Å².